The van der Waals surface area contributed by atoms with Crippen LogP contribution in [0.5, 0.6) is 0 Å². The number of alkyl halides is 2. The van der Waals surface area contributed by atoms with Crippen LogP contribution in [-0.4, -0.2) is 46.4 Å². The first-order valence-electron chi connectivity index (χ1n) is 9.91. The average molecular weight is 511 g/mol. The quantitative estimate of drug-likeness (QED) is 0.530. The lowest BCUT2D eigenvalue weighted by Crippen LogP contribution is -2.51. The molecule has 31 heavy (non-hydrogen) atoms. The van der Waals surface area contributed by atoms with Gasteiger partial charge in [0.1, 0.15) is 10.8 Å². The molecule has 1 aromatic carbocycles. The maximum absolute atomic E-state index is 14.4. The number of nitrogens with zero attached hydrogens (tertiary/aromatic N) is 4. The molecule has 0 spiro atoms. The molecule has 1 unspecified atom stereocenters. The van der Waals surface area contributed by atoms with Crippen LogP contribution in [0.25, 0.3) is 10.9 Å². The molecule has 1 aliphatic heterocycles. The molecular formula is C20H21BrF2N6OS. The van der Waals surface area contributed by atoms with Crippen molar-refractivity contribution in [2.45, 2.75) is 31.7 Å². The molecule has 164 valence electrons. The minimum absolute atomic E-state index is 0.0792. The smallest absolute Gasteiger partial charge is 0.341 e. The third-order valence-electron chi connectivity index (χ3n) is 5.01. The fourth-order valence-corrected chi connectivity index (χ4v) is 4.55. The summed E-state index contributed by atoms with van der Waals surface area (Å²) in [5.74, 6) is -4.09. The number of nitrogens with one attached hydrogen (secondary N) is 2. The zero-order valence-electron chi connectivity index (χ0n) is 16.7. The summed E-state index contributed by atoms with van der Waals surface area (Å²) in [4.78, 5) is 26.7. The highest BCUT2D eigenvalue weighted by molar-refractivity contribution is 9.10. The number of carbonyl (C=O) groups excluding carboxylic acids is 1. The summed E-state index contributed by atoms with van der Waals surface area (Å²) in [6, 6.07) is 5.47. The summed E-state index contributed by atoms with van der Waals surface area (Å²) >= 11 is 5.02. The van der Waals surface area contributed by atoms with Gasteiger partial charge in [0, 0.05) is 34.5 Å². The second kappa shape index (κ2) is 8.99. The van der Waals surface area contributed by atoms with Gasteiger partial charge in [-0.1, -0.05) is 22.9 Å². The largest absolute Gasteiger partial charge is 0.360 e. The van der Waals surface area contributed by atoms with E-state index in [-0.39, 0.29) is 18.5 Å². The van der Waals surface area contributed by atoms with Crippen molar-refractivity contribution in [2.75, 3.05) is 29.9 Å². The molecule has 1 amide bonds. The third-order valence-corrected chi connectivity index (χ3v) is 6.39. The predicted octanol–water partition coefficient (Wildman–Crippen LogP) is 4.37. The minimum atomic E-state index is -3.53. The van der Waals surface area contributed by atoms with Crippen molar-refractivity contribution in [3.8, 4) is 0 Å². The molecule has 0 bridgehead atoms. The number of benzene rings is 1. The Kier molecular flexibility index (Phi) is 6.33. The molecular weight excluding hydrogens is 490 g/mol. The van der Waals surface area contributed by atoms with Gasteiger partial charge in [-0.2, -0.15) is 13.8 Å². The molecule has 4 rings (SSSR count). The second-order valence-electron chi connectivity index (χ2n) is 7.24. The fourth-order valence-electron chi connectivity index (χ4n) is 3.41. The number of aromatic nitrogens is 3. The van der Waals surface area contributed by atoms with Gasteiger partial charge in [0.25, 0.3) is 5.91 Å². The highest BCUT2D eigenvalue weighted by atomic mass is 79.9. The molecule has 1 saturated heterocycles. The van der Waals surface area contributed by atoms with Gasteiger partial charge in [0.15, 0.2) is 0 Å². The SMILES string of the molecule is CCC(Nc1nc(N2CCCNC(=O)C(F)(F)C2)nc2ccc(Br)cc12)c1nccs1. The predicted molar refractivity (Wildman–Crippen MR) is 121 cm³/mol. The third kappa shape index (κ3) is 4.77. The Labute approximate surface area is 190 Å². The second-order valence-corrected chi connectivity index (χ2v) is 9.09. The number of carbonyl (C=O) groups is 1. The molecule has 0 saturated carbocycles. The number of thiazole rings is 1. The zero-order chi connectivity index (χ0) is 22.0. The van der Waals surface area contributed by atoms with Crippen LogP contribution in [-0.2, 0) is 4.79 Å². The maximum atomic E-state index is 14.4. The Balaban J connectivity index is 1.76. The van der Waals surface area contributed by atoms with E-state index in [1.54, 1.807) is 17.5 Å². The van der Waals surface area contributed by atoms with Gasteiger partial charge >= 0.3 is 5.92 Å². The molecule has 2 aromatic heterocycles. The van der Waals surface area contributed by atoms with Gasteiger partial charge < -0.3 is 15.5 Å². The Hall–Kier alpha value is -2.40. The number of fused-ring (bicyclic) bond motifs is 1. The highest BCUT2D eigenvalue weighted by Crippen LogP contribution is 2.32. The Morgan fingerprint density at radius 3 is 2.97 bits per heavy atom. The van der Waals surface area contributed by atoms with Crippen LogP contribution in [0.15, 0.2) is 34.2 Å². The van der Waals surface area contributed by atoms with Gasteiger partial charge in [-0.25, -0.2) is 9.97 Å². The number of amides is 1. The molecule has 7 nitrogen and oxygen atoms in total. The van der Waals surface area contributed by atoms with E-state index in [1.807, 2.05) is 30.5 Å². The first-order valence-corrected chi connectivity index (χ1v) is 11.6. The summed E-state index contributed by atoms with van der Waals surface area (Å²) < 4.78 is 29.6. The van der Waals surface area contributed by atoms with Gasteiger partial charge in [-0.15, -0.1) is 11.3 Å². The molecule has 2 N–H and O–H groups in total. The summed E-state index contributed by atoms with van der Waals surface area (Å²) in [6.07, 6.45) is 3.03. The van der Waals surface area contributed by atoms with Crippen molar-refractivity contribution in [3.05, 3.63) is 39.3 Å². The summed E-state index contributed by atoms with van der Waals surface area (Å²) in [5.41, 5.74) is 0.625. The molecule has 1 fully saturated rings. The van der Waals surface area contributed by atoms with E-state index >= 15 is 0 Å². The molecule has 1 atom stereocenters. The lowest BCUT2D eigenvalue weighted by Gasteiger charge is -2.30. The van der Waals surface area contributed by atoms with Crippen molar-refractivity contribution in [3.63, 3.8) is 0 Å². The van der Waals surface area contributed by atoms with Crippen LogP contribution in [0, 0.1) is 0 Å². The van der Waals surface area contributed by atoms with Crippen molar-refractivity contribution in [2.24, 2.45) is 0 Å². The molecule has 3 heterocycles. The molecule has 1 aliphatic rings. The molecule has 0 aliphatic carbocycles. The van der Waals surface area contributed by atoms with E-state index in [9.17, 15) is 13.6 Å². The first-order chi connectivity index (χ1) is 14.9. The molecule has 11 heteroatoms. The Morgan fingerprint density at radius 1 is 1.39 bits per heavy atom. The number of halogens is 3. The number of anilines is 2. The number of hydrogen-bond donors (Lipinski definition) is 2. The van der Waals surface area contributed by atoms with Crippen LogP contribution < -0.4 is 15.5 Å². The number of hydrogen-bond acceptors (Lipinski definition) is 7. The summed E-state index contributed by atoms with van der Waals surface area (Å²) in [5, 5.41) is 9.28. The van der Waals surface area contributed by atoms with E-state index in [0.29, 0.717) is 24.3 Å². The normalized spacial score (nSPS) is 17.7. The fraction of sp³-hybridized carbons (Fsp3) is 0.400. The molecule has 0 radical (unpaired) electrons. The van der Waals surface area contributed by atoms with Crippen LogP contribution in [0.1, 0.15) is 30.8 Å². The Morgan fingerprint density at radius 2 is 2.23 bits per heavy atom. The van der Waals surface area contributed by atoms with Gasteiger partial charge in [-0.05, 0) is 31.0 Å². The van der Waals surface area contributed by atoms with Crippen molar-refractivity contribution in [1.29, 1.82) is 0 Å². The van der Waals surface area contributed by atoms with Crippen molar-refractivity contribution < 1.29 is 13.6 Å². The topological polar surface area (TPSA) is 83.0 Å². The van der Waals surface area contributed by atoms with Crippen LogP contribution in [0.4, 0.5) is 20.5 Å². The van der Waals surface area contributed by atoms with Crippen LogP contribution in [0.3, 0.4) is 0 Å². The van der Waals surface area contributed by atoms with E-state index in [1.165, 1.54) is 4.90 Å². The van der Waals surface area contributed by atoms with Crippen LogP contribution in [0.2, 0.25) is 0 Å². The zero-order valence-corrected chi connectivity index (χ0v) is 19.1. The lowest BCUT2D eigenvalue weighted by molar-refractivity contribution is -0.144. The lowest BCUT2D eigenvalue weighted by atomic mass is 10.2. The van der Waals surface area contributed by atoms with Gasteiger partial charge in [0.2, 0.25) is 5.95 Å². The van der Waals surface area contributed by atoms with Crippen molar-refractivity contribution >= 4 is 55.8 Å². The summed E-state index contributed by atoms with van der Waals surface area (Å²) in [7, 11) is 0. The van der Waals surface area contributed by atoms with Crippen molar-refractivity contribution in [1.82, 2.24) is 20.3 Å². The van der Waals surface area contributed by atoms with E-state index < -0.39 is 18.4 Å². The minimum Gasteiger partial charge on any atom is -0.360 e. The van der Waals surface area contributed by atoms with E-state index in [0.717, 1.165) is 21.3 Å². The van der Waals surface area contributed by atoms with Gasteiger partial charge in [-0.3, -0.25) is 4.79 Å². The number of rotatable bonds is 5. The average Bonchev–Trinajstić information content (AvgIpc) is 3.27. The highest BCUT2D eigenvalue weighted by Gasteiger charge is 2.42. The van der Waals surface area contributed by atoms with E-state index in [4.69, 9.17) is 0 Å². The molecule has 3 aromatic rings. The van der Waals surface area contributed by atoms with E-state index in [2.05, 4.69) is 41.5 Å². The standard InChI is InChI=1S/C20H21BrF2N6OS/c1-2-14(17-24-7-9-31-17)26-16-13-10-12(21)4-5-15(13)27-19(28-16)29-8-3-6-25-18(30)20(22,23)11-29/h4-5,7,9-10,14H,2-3,6,8,11H2,1H3,(H,25,30)(H,26,27,28). The van der Waals surface area contributed by atoms with Gasteiger partial charge in [0.05, 0.1) is 18.1 Å². The monoisotopic (exact) mass is 510 g/mol. The Bertz CT molecular complexity index is 1080. The summed E-state index contributed by atoms with van der Waals surface area (Å²) in [6.45, 7) is 1.75. The maximum Gasteiger partial charge on any atom is 0.341 e. The first kappa shape index (κ1) is 21.8. The van der Waals surface area contributed by atoms with Crippen LogP contribution >= 0.6 is 27.3 Å².